The Balaban J connectivity index is 1.81. The SMILES string of the molecule is CCOC(=O)CCNC(=O)N1CCC[C@@H]1c1ccco1. The highest BCUT2D eigenvalue weighted by Crippen LogP contribution is 2.31. The zero-order chi connectivity index (χ0) is 14.4. The summed E-state index contributed by atoms with van der Waals surface area (Å²) in [6, 6.07) is 3.54. The second kappa shape index (κ2) is 6.98. The number of likely N-dealkylation sites (tertiary alicyclic amines) is 1. The largest absolute Gasteiger partial charge is 0.467 e. The summed E-state index contributed by atoms with van der Waals surface area (Å²) in [6.45, 7) is 3.11. The lowest BCUT2D eigenvalue weighted by Gasteiger charge is -2.23. The van der Waals surface area contributed by atoms with Crippen molar-refractivity contribution >= 4 is 12.0 Å². The van der Waals surface area contributed by atoms with Gasteiger partial charge in [0.05, 0.1) is 25.3 Å². The van der Waals surface area contributed by atoms with Gasteiger partial charge >= 0.3 is 12.0 Å². The minimum atomic E-state index is -0.295. The van der Waals surface area contributed by atoms with Crippen LogP contribution in [0, 0.1) is 0 Å². The second-order valence-electron chi connectivity index (χ2n) is 4.65. The van der Waals surface area contributed by atoms with Crippen LogP contribution in [0.15, 0.2) is 22.8 Å². The molecule has 0 aliphatic carbocycles. The van der Waals surface area contributed by atoms with E-state index in [1.54, 1.807) is 18.1 Å². The molecule has 1 aromatic heterocycles. The molecule has 6 heteroatoms. The van der Waals surface area contributed by atoms with Crippen molar-refractivity contribution in [1.29, 1.82) is 0 Å². The van der Waals surface area contributed by atoms with Crippen molar-refractivity contribution in [1.82, 2.24) is 10.2 Å². The summed E-state index contributed by atoms with van der Waals surface area (Å²) in [5, 5.41) is 2.75. The van der Waals surface area contributed by atoms with E-state index in [0.717, 1.165) is 18.6 Å². The number of carbonyl (C=O) groups excluding carboxylic acids is 2. The van der Waals surface area contributed by atoms with Crippen molar-refractivity contribution in [3.63, 3.8) is 0 Å². The molecule has 1 aliphatic rings. The molecule has 6 nitrogen and oxygen atoms in total. The predicted octanol–water partition coefficient (Wildman–Crippen LogP) is 2.08. The number of urea groups is 1. The Morgan fingerprint density at radius 1 is 1.55 bits per heavy atom. The fraction of sp³-hybridized carbons (Fsp3) is 0.571. The van der Waals surface area contributed by atoms with E-state index in [2.05, 4.69) is 5.32 Å². The zero-order valence-electron chi connectivity index (χ0n) is 11.6. The molecule has 2 amide bonds. The third kappa shape index (κ3) is 3.53. The number of furan rings is 1. The van der Waals surface area contributed by atoms with Gasteiger partial charge in [0.15, 0.2) is 0 Å². The molecule has 0 radical (unpaired) electrons. The van der Waals surface area contributed by atoms with Crippen LogP contribution in [0.25, 0.3) is 0 Å². The summed E-state index contributed by atoms with van der Waals surface area (Å²) >= 11 is 0. The standard InChI is InChI=1S/C14H20N2O4/c1-2-19-13(17)7-8-15-14(18)16-9-3-5-11(16)12-6-4-10-20-12/h4,6,10-11H,2-3,5,7-9H2,1H3,(H,15,18)/t11-/m1/s1. The Labute approximate surface area is 118 Å². The van der Waals surface area contributed by atoms with Gasteiger partial charge in [-0.25, -0.2) is 4.79 Å². The molecule has 0 bridgehead atoms. The summed E-state index contributed by atoms with van der Waals surface area (Å²) in [4.78, 5) is 25.1. The molecule has 2 heterocycles. The van der Waals surface area contributed by atoms with Gasteiger partial charge < -0.3 is 19.4 Å². The summed E-state index contributed by atoms with van der Waals surface area (Å²) in [5.74, 6) is 0.514. The average Bonchev–Trinajstić information content (AvgIpc) is 3.09. The Hall–Kier alpha value is -1.98. The number of nitrogens with one attached hydrogen (secondary N) is 1. The van der Waals surface area contributed by atoms with Crippen LogP contribution in [0.2, 0.25) is 0 Å². The minimum Gasteiger partial charge on any atom is -0.467 e. The van der Waals surface area contributed by atoms with Crippen molar-refractivity contribution in [3.8, 4) is 0 Å². The molecule has 1 aromatic rings. The predicted molar refractivity (Wildman–Crippen MR) is 72.0 cm³/mol. The highest BCUT2D eigenvalue weighted by atomic mass is 16.5. The van der Waals surface area contributed by atoms with Crippen LogP contribution in [0.1, 0.15) is 38.0 Å². The molecule has 1 aliphatic heterocycles. The lowest BCUT2D eigenvalue weighted by Crippen LogP contribution is -2.40. The Morgan fingerprint density at radius 2 is 2.40 bits per heavy atom. The maximum atomic E-state index is 12.1. The summed E-state index contributed by atoms with van der Waals surface area (Å²) in [5.41, 5.74) is 0. The van der Waals surface area contributed by atoms with Crippen LogP contribution in [0.5, 0.6) is 0 Å². The van der Waals surface area contributed by atoms with E-state index in [1.165, 1.54) is 0 Å². The third-order valence-corrected chi connectivity index (χ3v) is 3.30. The first-order chi connectivity index (χ1) is 9.72. The number of nitrogens with zero attached hydrogens (tertiary/aromatic N) is 1. The van der Waals surface area contributed by atoms with Crippen molar-refractivity contribution < 1.29 is 18.7 Å². The van der Waals surface area contributed by atoms with E-state index in [4.69, 9.17) is 9.15 Å². The molecule has 20 heavy (non-hydrogen) atoms. The van der Waals surface area contributed by atoms with E-state index in [-0.39, 0.29) is 24.5 Å². The normalized spacial score (nSPS) is 18.1. The molecule has 1 saturated heterocycles. The van der Waals surface area contributed by atoms with E-state index < -0.39 is 0 Å². The van der Waals surface area contributed by atoms with E-state index in [9.17, 15) is 9.59 Å². The molecule has 110 valence electrons. The van der Waals surface area contributed by atoms with Gasteiger partial charge in [-0.05, 0) is 31.9 Å². The van der Waals surface area contributed by atoms with E-state index >= 15 is 0 Å². The smallest absolute Gasteiger partial charge is 0.318 e. The van der Waals surface area contributed by atoms with Gasteiger partial charge in [-0.3, -0.25) is 4.79 Å². The fourth-order valence-corrected chi connectivity index (χ4v) is 2.39. The highest BCUT2D eigenvalue weighted by molar-refractivity contribution is 5.76. The molecule has 1 N–H and O–H groups in total. The monoisotopic (exact) mass is 280 g/mol. The summed E-state index contributed by atoms with van der Waals surface area (Å²) in [7, 11) is 0. The lowest BCUT2D eigenvalue weighted by atomic mass is 10.2. The van der Waals surface area contributed by atoms with Gasteiger partial charge in [-0.15, -0.1) is 0 Å². The van der Waals surface area contributed by atoms with Gasteiger partial charge in [0.25, 0.3) is 0 Å². The van der Waals surface area contributed by atoms with Crippen molar-refractivity contribution in [2.24, 2.45) is 0 Å². The first-order valence-corrected chi connectivity index (χ1v) is 6.96. The Kier molecular flexibility index (Phi) is 5.03. The third-order valence-electron chi connectivity index (χ3n) is 3.30. The molecule has 2 rings (SSSR count). The number of esters is 1. The molecular weight excluding hydrogens is 260 g/mol. The lowest BCUT2D eigenvalue weighted by molar-refractivity contribution is -0.142. The van der Waals surface area contributed by atoms with Gasteiger partial charge in [-0.1, -0.05) is 0 Å². The molecule has 0 unspecified atom stereocenters. The molecular formula is C14H20N2O4. The van der Waals surface area contributed by atoms with Crippen LogP contribution >= 0.6 is 0 Å². The number of rotatable bonds is 5. The van der Waals surface area contributed by atoms with Crippen molar-refractivity contribution in [2.75, 3.05) is 19.7 Å². The minimum absolute atomic E-state index is 0.00686. The summed E-state index contributed by atoms with van der Waals surface area (Å²) in [6.07, 6.45) is 3.67. The van der Waals surface area contributed by atoms with Crippen molar-refractivity contribution in [2.45, 2.75) is 32.2 Å². The van der Waals surface area contributed by atoms with Crippen LogP contribution in [-0.2, 0) is 9.53 Å². The first kappa shape index (κ1) is 14.4. The number of hydrogen-bond acceptors (Lipinski definition) is 4. The maximum absolute atomic E-state index is 12.1. The number of carbonyl (C=O) groups is 2. The first-order valence-electron chi connectivity index (χ1n) is 6.96. The highest BCUT2D eigenvalue weighted by Gasteiger charge is 2.31. The van der Waals surface area contributed by atoms with Gasteiger partial charge in [0.2, 0.25) is 0 Å². The molecule has 1 atom stereocenters. The molecule has 1 fully saturated rings. The zero-order valence-corrected chi connectivity index (χ0v) is 11.6. The second-order valence-corrected chi connectivity index (χ2v) is 4.65. The molecule has 0 spiro atoms. The maximum Gasteiger partial charge on any atom is 0.318 e. The topological polar surface area (TPSA) is 71.8 Å². The number of hydrogen-bond donors (Lipinski definition) is 1. The van der Waals surface area contributed by atoms with Gasteiger partial charge in [-0.2, -0.15) is 0 Å². The quantitative estimate of drug-likeness (QED) is 0.838. The van der Waals surface area contributed by atoms with Crippen molar-refractivity contribution in [3.05, 3.63) is 24.2 Å². The van der Waals surface area contributed by atoms with E-state index in [0.29, 0.717) is 19.7 Å². The molecule has 0 saturated carbocycles. The number of amides is 2. The van der Waals surface area contributed by atoms with Crippen LogP contribution in [0.4, 0.5) is 4.79 Å². The average molecular weight is 280 g/mol. The number of ether oxygens (including phenoxy) is 1. The van der Waals surface area contributed by atoms with E-state index in [1.807, 2.05) is 12.1 Å². The van der Waals surface area contributed by atoms with Crippen LogP contribution in [-0.4, -0.2) is 36.6 Å². The van der Waals surface area contributed by atoms with Gasteiger partial charge in [0.1, 0.15) is 5.76 Å². The van der Waals surface area contributed by atoms with Gasteiger partial charge in [0, 0.05) is 13.1 Å². The molecule has 0 aromatic carbocycles. The van der Waals surface area contributed by atoms with Crippen LogP contribution in [0.3, 0.4) is 0 Å². The Morgan fingerprint density at radius 3 is 3.10 bits per heavy atom. The fourth-order valence-electron chi connectivity index (χ4n) is 2.39. The Bertz CT molecular complexity index is 444. The van der Waals surface area contributed by atoms with Crippen LogP contribution < -0.4 is 5.32 Å². The summed E-state index contributed by atoms with van der Waals surface area (Å²) < 4.78 is 10.2.